The Morgan fingerprint density at radius 2 is 1.53 bits per heavy atom. The number of carbonyl (C=O) groups is 3. The molecular weight excluding hydrogens is 404 g/mol. The van der Waals surface area contributed by atoms with E-state index in [1.54, 1.807) is 4.90 Å². The van der Waals surface area contributed by atoms with E-state index < -0.39 is 5.54 Å². The Morgan fingerprint density at radius 3 is 2.25 bits per heavy atom. The van der Waals surface area contributed by atoms with Crippen molar-refractivity contribution in [1.29, 1.82) is 0 Å². The molecule has 1 saturated heterocycles. The van der Waals surface area contributed by atoms with Gasteiger partial charge in [0.25, 0.3) is 11.8 Å². The second-order valence-electron chi connectivity index (χ2n) is 8.87. The predicted molar refractivity (Wildman–Crippen MR) is 123 cm³/mol. The molecule has 32 heavy (non-hydrogen) atoms. The molecule has 2 aromatic carbocycles. The van der Waals surface area contributed by atoms with Gasteiger partial charge in [-0.15, -0.1) is 0 Å². The zero-order chi connectivity index (χ0) is 22.1. The highest BCUT2D eigenvalue weighted by atomic mass is 16.2. The van der Waals surface area contributed by atoms with Crippen LogP contribution in [0.5, 0.6) is 0 Å². The first-order chi connectivity index (χ1) is 15.6. The van der Waals surface area contributed by atoms with E-state index in [-0.39, 0.29) is 24.3 Å². The lowest BCUT2D eigenvalue weighted by atomic mass is 9.89. The molecule has 2 fully saturated rings. The molecule has 3 amide bonds. The number of nitrogens with one attached hydrogen (secondary N) is 1. The van der Waals surface area contributed by atoms with E-state index in [2.05, 4.69) is 10.2 Å². The van der Waals surface area contributed by atoms with E-state index in [1.807, 2.05) is 59.5 Å². The van der Waals surface area contributed by atoms with Crippen LogP contribution < -0.4 is 10.2 Å². The fraction of sp³-hybridized carbons (Fsp3) is 0.400. The third-order valence-corrected chi connectivity index (χ3v) is 6.96. The van der Waals surface area contributed by atoms with Gasteiger partial charge >= 0.3 is 0 Å². The van der Waals surface area contributed by atoms with E-state index in [1.165, 1.54) is 0 Å². The normalized spacial score (nSPS) is 20.2. The van der Waals surface area contributed by atoms with Gasteiger partial charge in [0.1, 0.15) is 5.54 Å². The summed E-state index contributed by atoms with van der Waals surface area (Å²) in [6.45, 7) is 2.70. The molecule has 7 nitrogen and oxygen atoms in total. The highest BCUT2D eigenvalue weighted by Gasteiger charge is 2.52. The average Bonchev–Trinajstić information content (AvgIpc) is 3.31. The molecule has 1 spiro atoms. The lowest BCUT2D eigenvalue weighted by molar-refractivity contribution is -0.128. The molecule has 0 radical (unpaired) electrons. The highest BCUT2D eigenvalue weighted by molar-refractivity contribution is 6.15. The zero-order valence-electron chi connectivity index (χ0n) is 18.1. The Bertz CT molecular complexity index is 1020. The van der Waals surface area contributed by atoms with Crippen LogP contribution in [0.15, 0.2) is 54.6 Å². The molecule has 5 rings (SSSR count). The average molecular weight is 433 g/mol. The van der Waals surface area contributed by atoms with Gasteiger partial charge in [0.2, 0.25) is 5.91 Å². The van der Waals surface area contributed by atoms with Gasteiger partial charge in [-0.1, -0.05) is 43.2 Å². The maximum atomic E-state index is 13.6. The molecule has 1 aliphatic carbocycles. The van der Waals surface area contributed by atoms with Crippen molar-refractivity contribution >= 4 is 29.1 Å². The number of anilines is 2. The first-order valence-electron chi connectivity index (χ1n) is 11.4. The molecule has 166 valence electrons. The summed E-state index contributed by atoms with van der Waals surface area (Å²) >= 11 is 0. The van der Waals surface area contributed by atoms with E-state index in [0.717, 1.165) is 18.5 Å². The zero-order valence-corrected chi connectivity index (χ0v) is 18.1. The summed E-state index contributed by atoms with van der Waals surface area (Å²) < 4.78 is 0. The molecule has 0 bridgehead atoms. The number of rotatable bonds is 3. The number of para-hydroxylation sites is 2. The molecule has 7 heteroatoms. The van der Waals surface area contributed by atoms with Crippen LogP contribution in [0, 0.1) is 0 Å². The highest BCUT2D eigenvalue weighted by Crippen LogP contribution is 2.45. The quantitative estimate of drug-likeness (QED) is 0.810. The largest absolute Gasteiger partial charge is 0.336 e. The monoisotopic (exact) mass is 432 g/mol. The number of hydrogen-bond acceptors (Lipinski definition) is 4. The van der Waals surface area contributed by atoms with Gasteiger partial charge < -0.3 is 10.2 Å². The minimum Gasteiger partial charge on any atom is -0.336 e. The van der Waals surface area contributed by atoms with E-state index >= 15 is 0 Å². The van der Waals surface area contributed by atoms with Crippen LogP contribution in [-0.2, 0) is 9.59 Å². The van der Waals surface area contributed by atoms with Crippen molar-refractivity contribution < 1.29 is 14.4 Å². The lowest BCUT2D eigenvalue weighted by Crippen LogP contribution is -2.62. The van der Waals surface area contributed by atoms with Crippen LogP contribution >= 0.6 is 0 Å². The van der Waals surface area contributed by atoms with E-state index in [4.69, 9.17) is 0 Å². The molecule has 0 unspecified atom stereocenters. The van der Waals surface area contributed by atoms with Crippen LogP contribution in [-0.4, -0.2) is 65.8 Å². The summed E-state index contributed by atoms with van der Waals surface area (Å²) in [6.07, 6.45) is 3.27. The molecule has 2 heterocycles. The molecule has 2 aliphatic heterocycles. The first-order valence-corrected chi connectivity index (χ1v) is 11.4. The van der Waals surface area contributed by atoms with Crippen LogP contribution in [0.2, 0.25) is 0 Å². The van der Waals surface area contributed by atoms with E-state index in [0.29, 0.717) is 50.3 Å². The topological polar surface area (TPSA) is 73.0 Å². The maximum absolute atomic E-state index is 13.6. The molecule has 1 saturated carbocycles. The Balaban J connectivity index is 1.29. The fourth-order valence-corrected chi connectivity index (χ4v) is 5.26. The van der Waals surface area contributed by atoms with Gasteiger partial charge in [-0.3, -0.25) is 24.2 Å². The van der Waals surface area contributed by atoms with Crippen molar-refractivity contribution in [2.75, 3.05) is 42.9 Å². The molecule has 0 aromatic heterocycles. The van der Waals surface area contributed by atoms with Crippen molar-refractivity contribution in [2.24, 2.45) is 0 Å². The number of benzene rings is 2. The van der Waals surface area contributed by atoms with E-state index in [9.17, 15) is 14.4 Å². The Kier molecular flexibility index (Phi) is 5.43. The van der Waals surface area contributed by atoms with Gasteiger partial charge in [-0.25, -0.2) is 0 Å². The third kappa shape index (κ3) is 3.56. The minimum absolute atomic E-state index is 0.0307. The van der Waals surface area contributed by atoms with Crippen molar-refractivity contribution in [2.45, 2.75) is 31.2 Å². The third-order valence-electron chi connectivity index (χ3n) is 6.96. The van der Waals surface area contributed by atoms with Crippen molar-refractivity contribution in [3.8, 4) is 0 Å². The molecule has 3 aliphatic rings. The summed E-state index contributed by atoms with van der Waals surface area (Å²) in [5.41, 5.74) is 1.39. The second-order valence-corrected chi connectivity index (χ2v) is 8.87. The lowest BCUT2D eigenvalue weighted by Gasteiger charge is -2.45. The first kappa shape index (κ1) is 20.7. The standard InChI is InChI=1S/C25H28N4O3/c30-22(18-27-14-16-28(17-15-27)23(31)19-8-2-1-3-9-19)29-21-11-5-4-10-20(21)26-24(32)25(29)12-6-7-13-25/h1-5,8-11H,6-7,12-18H2,(H,26,32). The fourth-order valence-electron chi connectivity index (χ4n) is 5.26. The van der Waals surface area contributed by atoms with Gasteiger partial charge in [-0.2, -0.15) is 0 Å². The van der Waals surface area contributed by atoms with Crippen LogP contribution in [0.4, 0.5) is 11.4 Å². The number of amides is 3. The predicted octanol–water partition coefficient (Wildman–Crippen LogP) is 2.74. The number of hydrogen-bond donors (Lipinski definition) is 1. The number of nitrogens with zero attached hydrogens (tertiary/aromatic N) is 3. The smallest absolute Gasteiger partial charge is 0.253 e. The Labute approximate surface area is 188 Å². The van der Waals surface area contributed by atoms with Crippen molar-refractivity contribution in [1.82, 2.24) is 9.80 Å². The molecule has 2 aromatic rings. The summed E-state index contributed by atoms with van der Waals surface area (Å²) in [5, 5.41) is 3.02. The number of piperazine rings is 1. The molecule has 1 N–H and O–H groups in total. The Hall–Kier alpha value is -3.19. The van der Waals surface area contributed by atoms with Crippen LogP contribution in [0.3, 0.4) is 0 Å². The summed E-state index contributed by atoms with van der Waals surface area (Å²) in [4.78, 5) is 45.1. The summed E-state index contributed by atoms with van der Waals surface area (Å²) in [7, 11) is 0. The maximum Gasteiger partial charge on any atom is 0.253 e. The van der Waals surface area contributed by atoms with Crippen LogP contribution in [0.1, 0.15) is 36.0 Å². The van der Waals surface area contributed by atoms with Crippen molar-refractivity contribution in [3.05, 3.63) is 60.2 Å². The Morgan fingerprint density at radius 1 is 0.875 bits per heavy atom. The SMILES string of the molecule is O=C(c1ccccc1)N1CCN(CC(=O)N2c3ccccc3NC(=O)C23CCCC3)CC1. The molecular formula is C25H28N4O3. The summed E-state index contributed by atoms with van der Waals surface area (Å²) in [6, 6.07) is 16.9. The van der Waals surface area contributed by atoms with Crippen molar-refractivity contribution in [3.63, 3.8) is 0 Å². The molecule has 0 atom stereocenters. The number of fused-ring (bicyclic) bond motifs is 1. The second kappa shape index (κ2) is 8.39. The van der Waals surface area contributed by atoms with Gasteiger partial charge in [-0.05, 0) is 37.1 Å². The van der Waals surface area contributed by atoms with Gasteiger partial charge in [0.05, 0.1) is 17.9 Å². The number of carbonyl (C=O) groups excluding carboxylic acids is 3. The van der Waals surface area contributed by atoms with Gasteiger partial charge in [0, 0.05) is 31.7 Å². The van der Waals surface area contributed by atoms with Gasteiger partial charge in [0.15, 0.2) is 0 Å². The summed E-state index contributed by atoms with van der Waals surface area (Å²) in [5.74, 6) is -0.0829. The van der Waals surface area contributed by atoms with Crippen LogP contribution in [0.25, 0.3) is 0 Å². The minimum atomic E-state index is -0.781.